The minimum atomic E-state index is -1.07. The lowest BCUT2D eigenvalue weighted by molar-refractivity contribution is -0.148. The van der Waals surface area contributed by atoms with Gasteiger partial charge in [0.2, 0.25) is 0 Å². The summed E-state index contributed by atoms with van der Waals surface area (Å²) < 4.78 is 0. The number of thiazole rings is 1. The van der Waals surface area contributed by atoms with E-state index in [1.807, 2.05) is 6.92 Å². The number of nitrogens with two attached hydrogens (primary N) is 1. The Kier molecular flexibility index (Phi) is 3.99. The quantitative estimate of drug-likeness (QED) is 0.884. The van der Waals surface area contributed by atoms with Crippen molar-refractivity contribution in [2.75, 3.05) is 12.3 Å². The lowest BCUT2D eigenvalue weighted by atomic mass is 9.90. The zero-order valence-corrected chi connectivity index (χ0v) is 12.5. The highest BCUT2D eigenvalue weighted by molar-refractivity contribution is 7.17. The molecule has 2 rings (SSSR count). The average Bonchev–Trinajstić information content (AvgIpc) is 2.93. The molecule has 1 fully saturated rings. The van der Waals surface area contributed by atoms with Crippen LogP contribution in [-0.4, -0.2) is 39.0 Å². The Balaban J connectivity index is 2.37. The van der Waals surface area contributed by atoms with Crippen LogP contribution in [0.5, 0.6) is 0 Å². The van der Waals surface area contributed by atoms with Gasteiger partial charge in [-0.1, -0.05) is 24.7 Å². The fourth-order valence-corrected chi connectivity index (χ4v) is 3.70. The van der Waals surface area contributed by atoms with Crippen LogP contribution in [0.4, 0.5) is 5.13 Å². The number of hydrogen-bond acceptors (Lipinski definition) is 5. The van der Waals surface area contributed by atoms with E-state index in [1.165, 1.54) is 4.90 Å². The standard InChI is InChI=1S/C13H19N3O3S/c1-3-5-13(11(18)19)6-4-7-16(13)10(17)9-8(2)15-12(14)20-9/h3-7H2,1-2H3,(H2,14,15)(H,18,19). The van der Waals surface area contributed by atoms with Crippen molar-refractivity contribution < 1.29 is 14.7 Å². The van der Waals surface area contributed by atoms with Crippen LogP contribution in [0.3, 0.4) is 0 Å². The smallest absolute Gasteiger partial charge is 0.329 e. The molecule has 1 aliphatic heterocycles. The van der Waals surface area contributed by atoms with E-state index in [0.717, 1.165) is 17.8 Å². The van der Waals surface area contributed by atoms with Crippen LogP contribution in [0.25, 0.3) is 0 Å². The molecule has 1 unspecified atom stereocenters. The maximum atomic E-state index is 12.7. The molecule has 2 heterocycles. The van der Waals surface area contributed by atoms with Crippen LogP contribution in [0.2, 0.25) is 0 Å². The van der Waals surface area contributed by atoms with Crippen LogP contribution in [0, 0.1) is 6.92 Å². The van der Waals surface area contributed by atoms with Crippen molar-refractivity contribution in [2.24, 2.45) is 0 Å². The van der Waals surface area contributed by atoms with E-state index < -0.39 is 11.5 Å². The molecule has 110 valence electrons. The topological polar surface area (TPSA) is 96.5 Å². The maximum absolute atomic E-state index is 12.7. The highest BCUT2D eigenvalue weighted by Gasteiger charge is 2.49. The Hall–Kier alpha value is -1.63. The first-order valence-corrected chi connectivity index (χ1v) is 7.52. The Morgan fingerprint density at radius 3 is 2.75 bits per heavy atom. The van der Waals surface area contributed by atoms with Crippen LogP contribution in [0.15, 0.2) is 0 Å². The average molecular weight is 297 g/mol. The number of carboxylic acids is 1. The summed E-state index contributed by atoms with van der Waals surface area (Å²) in [5.41, 5.74) is 5.12. The number of nitrogens with zero attached hydrogens (tertiary/aromatic N) is 2. The van der Waals surface area contributed by atoms with E-state index in [4.69, 9.17) is 5.73 Å². The number of aromatic nitrogens is 1. The number of anilines is 1. The van der Waals surface area contributed by atoms with Crippen LogP contribution >= 0.6 is 11.3 Å². The third-order valence-corrected chi connectivity index (χ3v) is 4.78. The summed E-state index contributed by atoms with van der Waals surface area (Å²) in [6.07, 6.45) is 2.42. The molecule has 1 aromatic rings. The Morgan fingerprint density at radius 2 is 2.25 bits per heavy atom. The Labute approximate surface area is 121 Å². The number of aliphatic carboxylic acids is 1. The molecule has 1 aliphatic rings. The number of amides is 1. The highest BCUT2D eigenvalue weighted by Crippen LogP contribution is 2.36. The number of carbonyl (C=O) groups is 2. The zero-order chi connectivity index (χ0) is 14.9. The first kappa shape index (κ1) is 14.8. The summed E-state index contributed by atoms with van der Waals surface area (Å²) in [5.74, 6) is -1.18. The highest BCUT2D eigenvalue weighted by atomic mass is 32.1. The second-order valence-electron chi connectivity index (χ2n) is 5.11. The second-order valence-corrected chi connectivity index (χ2v) is 6.14. The van der Waals surface area contributed by atoms with E-state index in [1.54, 1.807) is 6.92 Å². The van der Waals surface area contributed by atoms with E-state index in [9.17, 15) is 14.7 Å². The number of nitrogen functional groups attached to an aromatic ring is 1. The number of likely N-dealkylation sites (tertiary alicyclic amines) is 1. The van der Waals surface area contributed by atoms with Crippen LogP contribution in [0.1, 0.15) is 48.0 Å². The molecule has 0 bridgehead atoms. The van der Waals surface area contributed by atoms with Crippen molar-refractivity contribution in [2.45, 2.75) is 45.1 Å². The van der Waals surface area contributed by atoms with Crippen molar-refractivity contribution in [1.82, 2.24) is 9.88 Å². The molecule has 0 aromatic carbocycles. The molecule has 1 saturated heterocycles. The van der Waals surface area contributed by atoms with E-state index in [2.05, 4.69) is 4.98 Å². The first-order valence-electron chi connectivity index (χ1n) is 6.70. The lowest BCUT2D eigenvalue weighted by Gasteiger charge is -2.34. The monoisotopic (exact) mass is 297 g/mol. The number of carboxylic acid groups (broad SMARTS) is 1. The van der Waals surface area contributed by atoms with Gasteiger partial charge in [0, 0.05) is 6.54 Å². The van der Waals surface area contributed by atoms with Crippen molar-refractivity contribution in [3.63, 3.8) is 0 Å². The SMILES string of the molecule is CCCC1(C(=O)O)CCCN1C(=O)c1sc(N)nc1C. The predicted octanol–water partition coefficient (Wildman–Crippen LogP) is 1.89. The van der Waals surface area contributed by atoms with Gasteiger partial charge >= 0.3 is 5.97 Å². The van der Waals surface area contributed by atoms with Gasteiger partial charge in [0.15, 0.2) is 5.13 Å². The van der Waals surface area contributed by atoms with E-state index in [-0.39, 0.29) is 5.91 Å². The zero-order valence-electron chi connectivity index (χ0n) is 11.7. The minimum absolute atomic E-state index is 0.259. The molecule has 1 atom stereocenters. The Morgan fingerprint density at radius 1 is 1.55 bits per heavy atom. The van der Waals surface area contributed by atoms with Crippen LogP contribution < -0.4 is 5.73 Å². The van der Waals surface area contributed by atoms with E-state index in [0.29, 0.717) is 41.5 Å². The molecule has 6 nitrogen and oxygen atoms in total. The summed E-state index contributed by atoms with van der Waals surface area (Å²) in [5, 5.41) is 9.94. The number of aryl methyl sites for hydroxylation is 1. The Bertz CT molecular complexity index is 543. The van der Waals surface area contributed by atoms with Gasteiger partial charge in [-0.25, -0.2) is 9.78 Å². The number of carbonyl (C=O) groups excluding carboxylic acids is 1. The minimum Gasteiger partial charge on any atom is -0.479 e. The fourth-order valence-electron chi connectivity index (χ4n) is 2.92. The largest absolute Gasteiger partial charge is 0.479 e. The lowest BCUT2D eigenvalue weighted by Crippen LogP contribution is -2.53. The van der Waals surface area contributed by atoms with Gasteiger partial charge in [0.25, 0.3) is 5.91 Å². The van der Waals surface area contributed by atoms with E-state index >= 15 is 0 Å². The summed E-state index contributed by atoms with van der Waals surface area (Å²) >= 11 is 1.12. The van der Waals surface area contributed by atoms with Gasteiger partial charge in [0.05, 0.1) is 5.69 Å². The molecule has 20 heavy (non-hydrogen) atoms. The summed E-state index contributed by atoms with van der Waals surface area (Å²) in [4.78, 5) is 30.4. The predicted molar refractivity (Wildman–Crippen MR) is 76.8 cm³/mol. The van der Waals surface area contributed by atoms with Crippen molar-refractivity contribution in [3.8, 4) is 0 Å². The molecule has 0 spiro atoms. The molecule has 7 heteroatoms. The molecule has 3 N–H and O–H groups in total. The second kappa shape index (κ2) is 5.40. The van der Waals surface area contributed by atoms with Gasteiger partial charge in [-0.2, -0.15) is 0 Å². The third kappa shape index (κ3) is 2.26. The van der Waals surface area contributed by atoms with Crippen molar-refractivity contribution >= 4 is 28.3 Å². The molecule has 0 saturated carbocycles. The summed E-state index contributed by atoms with van der Waals surface area (Å²) in [7, 11) is 0. The van der Waals surface area contributed by atoms with Gasteiger partial charge in [-0.05, 0) is 26.2 Å². The number of rotatable bonds is 4. The molecular formula is C13H19N3O3S. The molecule has 1 amide bonds. The molecule has 1 aromatic heterocycles. The van der Waals surface area contributed by atoms with Gasteiger partial charge in [-0.3, -0.25) is 4.79 Å². The summed E-state index contributed by atoms with van der Waals surface area (Å²) in [6.45, 7) is 4.13. The third-order valence-electron chi connectivity index (χ3n) is 3.80. The number of hydrogen-bond donors (Lipinski definition) is 2. The first-order chi connectivity index (χ1) is 9.42. The molecule has 0 aliphatic carbocycles. The molecular weight excluding hydrogens is 278 g/mol. The van der Waals surface area contributed by atoms with Gasteiger partial charge in [-0.15, -0.1) is 0 Å². The van der Waals surface area contributed by atoms with Gasteiger partial charge in [0.1, 0.15) is 10.4 Å². The normalized spacial score (nSPS) is 22.2. The van der Waals surface area contributed by atoms with Crippen LogP contribution in [-0.2, 0) is 4.79 Å². The fraction of sp³-hybridized carbons (Fsp3) is 0.615. The molecule has 0 radical (unpaired) electrons. The van der Waals surface area contributed by atoms with Gasteiger partial charge < -0.3 is 15.7 Å². The van der Waals surface area contributed by atoms with Crippen molar-refractivity contribution in [3.05, 3.63) is 10.6 Å². The van der Waals surface area contributed by atoms with Crippen molar-refractivity contribution in [1.29, 1.82) is 0 Å². The summed E-state index contributed by atoms with van der Waals surface area (Å²) in [6, 6.07) is 0. The maximum Gasteiger partial charge on any atom is 0.329 e.